The third-order valence-corrected chi connectivity index (χ3v) is 7.00. The second kappa shape index (κ2) is 9.69. The number of aryl methyl sites for hydroxylation is 2. The molecule has 0 fully saturated rings. The Morgan fingerprint density at radius 3 is 2.38 bits per heavy atom. The van der Waals surface area contributed by atoms with Gasteiger partial charge in [0.05, 0.1) is 31.3 Å². The number of thiazole rings is 1. The van der Waals surface area contributed by atoms with E-state index in [2.05, 4.69) is 4.98 Å². The predicted octanol–water partition coefficient (Wildman–Crippen LogP) is 5.21. The average molecular weight is 477 g/mol. The molecule has 1 amide bonds. The molecule has 0 unspecified atom stereocenters. The zero-order chi connectivity index (χ0) is 24.4. The summed E-state index contributed by atoms with van der Waals surface area (Å²) < 4.78 is 12.7. The highest BCUT2D eigenvalue weighted by Gasteiger charge is 2.23. The summed E-state index contributed by atoms with van der Waals surface area (Å²) in [5, 5.41) is 5.47. The Morgan fingerprint density at radius 1 is 1.00 bits per heavy atom. The smallest absolute Gasteiger partial charge is 0.265 e. The van der Waals surface area contributed by atoms with E-state index < -0.39 is 0 Å². The van der Waals surface area contributed by atoms with E-state index in [0.717, 1.165) is 33.2 Å². The summed E-state index contributed by atoms with van der Waals surface area (Å²) in [4.78, 5) is 20.4. The lowest BCUT2D eigenvalue weighted by atomic mass is 10.2. The van der Waals surface area contributed by atoms with Gasteiger partial charge in [-0.2, -0.15) is 5.10 Å². The number of hydrogen-bond acceptors (Lipinski definition) is 6. The summed E-state index contributed by atoms with van der Waals surface area (Å²) in [6, 6.07) is 15.6. The lowest BCUT2D eigenvalue weighted by molar-refractivity contribution is 0.0788. The molecule has 0 spiro atoms. The van der Waals surface area contributed by atoms with E-state index >= 15 is 0 Å². The number of carbonyl (C=O) groups is 1. The summed E-state index contributed by atoms with van der Waals surface area (Å²) in [6.45, 7) is 6.35. The largest absolute Gasteiger partial charge is 0.493 e. The Labute approximate surface area is 203 Å². The highest BCUT2D eigenvalue weighted by atomic mass is 32.1. The van der Waals surface area contributed by atoms with Crippen LogP contribution in [0.2, 0.25) is 0 Å². The van der Waals surface area contributed by atoms with Crippen molar-refractivity contribution in [3.05, 3.63) is 76.1 Å². The molecule has 34 heavy (non-hydrogen) atoms. The van der Waals surface area contributed by atoms with Gasteiger partial charge >= 0.3 is 0 Å². The molecule has 0 aliphatic carbocycles. The first-order chi connectivity index (χ1) is 16.3. The molecule has 0 aliphatic heterocycles. The quantitative estimate of drug-likeness (QED) is 0.366. The average Bonchev–Trinajstić information content (AvgIpc) is 3.38. The van der Waals surface area contributed by atoms with Gasteiger partial charge in [-0.05, 0) is 51.1 Å². The van der Waals surface area contributed by atoms with Crippen molar-refractivity contribution < 1.29 is 14.3 Å². The van der Waals surface area contributed by atoms with Gasteiger partial charge in [0.2, 0.25) is 0 Å². The summed E-state index contributed by atoms with van der Waals surface area (Å²) in [5.74, 6) is 1.21. The van der Waals surface area contributed by atoms with Crippen LogP contribution in [-0.4, -0.2) is 46.8 Å². The van der Waals surface area contributed by atoms with Crippen LogP contribution in [0.15, 0.2) is 48.5 Å². The third kappa shape index (κ3) is 4.41. The van der Waals surface area contributed by atoms with E-state index in [0.29, 0.717) is 28.6 Å². The van der Waals surface area contributed by atoms with Crippen LogP contribution in [0.4, 0.5) is 0 Å². The molecular weight excluding hydrogens is 448 g/mol. The fraction of sp³-hybridized carbons (Fsp3) is 0.269. The zero-order valence-electron chi connectivity index (χ0n) is 20.2. The number of methoxy groups -OCH3 is 2. The van der Waals surface area contributed by atoms with Gasteiger partial charge in [0.15, 0.2) is 11.5 Å². The minimum absolute atomic E-state index is 0.0620. The highest BCUT2D eigenvalue weighted by molar-refractivity contribution is 7.17. The van der Waals surface area contributed by atoms with Crippen LogP contribution in [0.1, 0.15) is 32.3 Å². The Morgan fingerprint density at radius 2 is 1.71 bits per heavy atom. The number of hydrogen-bond donors (Lipinski definition) is 0. The maximum Gasteiger partial charge on any atom is 0.265 e. The molecule has 0 radical (unpaired) electrons. The summed E-state index contributed by atoms with van der Waals surface area (Å²) in [5.41, 5.74) is 5.56. The van der Waals surface area contributed by atoms with Crippen LogP contribution < -0.4 is 9.47 Å². The van der Waals surface area contributed by atoms with E-state index in [4.69, 9.17) is 14.6 Å². The number of amides is 1. The van der Waals surface area contributed by atoms with Crippen LogP contribution in [0.25, 0.3) is 16.3 Å². The van der Waals surface area contributed by atoms with E-state index in [1.54, 1.807) is 19.1 Å². The third-order valence-electron chi connectivity index (χ3n) is 5.81. The van der Waals surface area contributed by atoms with Gasteiger partial charge in [-0.1, -0.05) is 18.2 Å². The predicted molar refractivity (Wildman–Crippen MR) is 134 cm³/mol. The number of ether oxygens (including phenoxy) is 2. The van der Waals surface area contributed by atoms with Gasteiger partial charge in [-0.15, -0.1) is 11.3 Å². The number of para-hydroxylation sites is 1. The first kappa shape index (κ1) is 23.5. The van der Waals surface area contributed by atoms with Crippen molar-refractivity contribution in [2.75, 3.05) is 21.3 Å². The molecule has 0 atom stereocenters. The molecular formula is C26H28N4O3S. The first-order valence-electron chi connectivity index (χ1n) is 10.9. The number of carbonyl (C=O) groups excluding carboxylic acids is 1. The Balaban J connectivity index is 1.58. The molecule has 2 aromatic carbocycles. The molecule has 8 heteroatoms. The monoisotopic (exact) mass is 476 g/mol. The standard InChI is InChI=1S/C26H28N4O3S/c1-16-21(18(3)30(28-16)20-10-8-7-9-11-20)15-29(4)26(31)24-17(2)27-25(34-24)19-12-13-22(32-5)23(14-19)33-6/h7-14H,15H2,1-6H3. The molecule has 2 aromatic heterocycles. The molecule has 0 aliphatic rings. The van der Waals surface area contributed by atoms with Crippen LogP contribution in [0.3, 0.4) is 0 Å². The molecule has 0 bridgehead atoms. The van der Waals surface area contributed by atoms with Gasteiger partial charge in [0.25, 0.3) is 5.91 Å². The van der Waals surface area contributed by atoms with Crippen LogP contribution in [-0.2, 0) is 6.54 Å². The van der Waals surface area contributed by atoms with E-state index in [9.17, 15) is 4.79 Å². The molecule has 4 rings (SSSR count). The van der Waals surface area contributed by atoms with Crippen molar-refractivity contribution >= 4 is 17.2 Å². The molecule has 4 aromatic rings. The second-order valence-corrected chi connectivity index (χ2v) is 9.06. The maximum absolute atomic E-state index is 13.4. The maximum atomic E-state index is 13.4. The van der Waals surface area contributed by atoms with Gasteiger partial charge in [0.1, 0.15) is 9.88 Å². The Hall–Kier alpha value is -3.65. The van der Waals surface area contributed by atoms with Crippen molar-refractivity contribution in [3.8, 4) is 27.8 Å². The molecule has 176 valence electrons. The molecule has 0 saturated carbocycles. The van der Waals surface area contributed by atoms with Crippen molar-refractivity contribution in [3.63, 3.8) is 0 Å². The first-order valence-corrected chi connectivity index (χ1v) is 11.7. The summed E-state index contributed by atoms with van der Waals surface area (Å²) >= 11 is 1.38. The van der Waals surface area contributed by atoms with Crippen LogP contribution >= 0.6 is 11.3 Å². The van der Waals surface area contributed by atoms with Crippen LogP contribution in [0, 0.1) is 20.8 Å². The van der Waals surface area contributed by atoms with Gasteiger partial charge in [-0.3, -0.25) is 4.79 Å². The van der Waals surface area contributed by atoms with Gasteiger partial charge < -0.3 is 14.4 Å². The summed E-state index contributed by atoms with van der Waals surface area (Å²) in [6.07, 6.45) is 0. The number of benzene rings is 2. The lowest BCUT2D eigenvalue weighted by Gasteiger charge is -2.17. The lowest BCUT2D eigenvalue weighted by Crippen LogP contribution is -2.26. The van der Waals surface area contributed by atoms with Crippen LogP contribution in [0.5, 0.6) is 11.5 Å². The minimum Gasteiger partial charge on any atom is -0.493 e. The van der Waals surface area contributed by atoms with Crippen molar-refractivity contribution in [2.24, 2.45) is 0 Å². The van der Waals surface area contributed by atoms with Gasteiger partial charge in [-0.25, -0.2) is 9.67 Å². The van der Waals surface area contributed by atoms with Crippen molar-refractivity contribution in [1.29, 1.82) is 0 Å². The van der Waals surface area contributed by atoms with E-state index in [-0.39, 0.29) is 5.91 Å². The molecule has 0 saturated heterocycles. The van der Waals surface area contributed by atoms with E-state index in [1.807, 2.05) is 81.0 Å². The van der Waals surface area contributed by atoms with E-state index in [1.165, 1.54) is 11.3 Å². The SMILES string of the molecule is COc1ccc(-c2nc(C)c(C(=O)N(C)Cc3c(C)nn(-c4ccccc4)c3C)s2)cc1OC. The molecule has 0 N–H and O–H groups in total. The number of rotatable bonds is 7. The molecule has 2 heterocycles. The highest BCUT2D eigenvalue weighted by Crippen LogP contribution is 2.35. The second-order valence-electron chi connectivity index (χ2n) is 8.06. The Kier molecular flexibility index (Phi) is 6.70. The van der Waals surface area contributed by atoms with Crippen molar-refractivity contribution in [2.45, 2.75) is 27.3 Å². The molecule has 7 nitrogen and oxygen atoms in total. The van der Waals surface area contributed by atoms with Crippen molar-refractivity contribution in [1.82, 2.24) is 19.7 Å². The topological polar surface area (TPSA) is 69.5 Å². The number of nitrogens with zero attached hydrogens (tertiary/aromatic N) is 4. The number of aromatic nitrogens is 3. The Bertz CT molecular complexity index is 1330. The van der Waals surface area contributed by atoms with Gasteiger partial charge in [0, 0.05) is 30.4 Å². The zero-order valence-corrected chi connectivity index (χ0v) is 21.1. The fourth-order valence-electron chi connectivity index (χ4n) is 3.89. The fourth-order valence-corrected chi connectivity index (χ4v) is 4.95. The normalized spacial score (nSPS) is 10.9. The minimum atomic E-state index is -0.0620. The summed E-state index contributed by atoms with van der Waals surface area (Å²) in [7, 11) is 5.02.